The van der Waals surface area contributed by atoms with Crippen molar-refractivity contribution < 1.29 is 14.3 Å². The highest BCUT2D eigenvalue weighted by molar-refractivity contribution is 5.78. The van der Waals surface area contributed by atoms with Crippen LogP contribution in [0.3, 0.4) is 0 Å². The number of hydrogen-bond acceptors (Lipinski definition) is 4. The first-order valence-corrected chi connectivity index (χ1v) is 5.00. The Bertz CT molecular complexity index is 211. The Hall–Kier alpha value is -1.10. The summed E-state index contributed by atoms with van der Waals surface area (Å²) in [6.45, 7) is 6.50. The third-order valence-corrected chi connectivity index (χ3v) is 1.77. The van der Waals surface area contributed by atoms with Gasteiger partial charge in [-0.05, 0) is 27.2 Å². The molecule has 0 bridgehead atoms. The van der Waals surface area contributed by atoms with Gasteiger partial charge < -0.3 is 15.8 Å². The zero-order valence-electron chi connectivity index (χ0n) is 9.58. The highest BCUT2D eigenvalue weighted by Crippen LogP contribution is 2.03. The average molecular weight is 216 g/mol. The number of rotatable bonds is 2. The molecule has 5 nitrogen and oxygen atoms in total. The summed E-state index contributed by atoms with van der Waals surface area (Å²) >= 11 is 0. The average Bonchev–Trinajstić information content (AvgIpc) is 2.50. The second-order valence-electron chi connectivity index (χ2n) is 4.37. The molecule has 0 aromatic rings. The van der Waals surface area contributed by atoms with Crippen molar-refractivity contribution in [2.75, 3.05) is 6.54 Å². The van der Waals surface area contributed by atoms with Gasteiger partial charge in [-0.3, -0.25) is 9.59 Å². The van der Waals surface area contributed by atoms with Gasteiger partial charge in [0.1, 0.15) is 5.60 Å². The van der Waals surface area contributed by atoms with Crippen molar-refractivity contribution in [3.8, 4) is 0 Å². The molecule has 3 N–H and O–H groups in total. The normalized spacial score (nSPS) is 20.0. The van der Waals surface area contributed by atoms with E-state index >= 15 is 0 Å². The van der Waals surface area contributed by atoms with E-state index in [1.165, 1.54) is 0 Å². The Morgan fingerprint density at radius 2 is 2.20 bits per heavy atom. The van der Waals surface area contributed by atoms with Gasteiger partial charge in [-0.2, -0.15) is 0 Å². The van der Waals surface area contributed by atoms with Crippen molar-refractivity contribution in [2.24, 2.45) is 5.73 Å². The van der Waals surface area contributed by atoms with E-state index in [1.54, 1.807) is 0 Å². The van der Waals surface area contributed by atoms with E-state index in [0.717, 1.165) is 6.42 Å². The molecule has 1 rings (SSSR count). The van der Waals surface area contributed by atoms with Crippen molar-refractivity contribution >= 4 is 12.4 Å². The molecule has 1 aliphatic rings. The SMILES string of the molecule is CC(C)(C)OC=O.NCC1CCC(=O)N1. The summed E-state index contributed by atoms with van der Waals surface area (Å²) in [6.07, 6.45) is 1.57. The maximum absolute atomic E-state index is 10.4. The Kier molecular flexibility index (Phi) is 5.93. The summed E-state index contributed by atoms with van der Waals surface area (Å²) < 4.78 is 4.55. The van der Waals surface area contributed by atoms with Crippen LogP contribution in [0, 0.1) is 0 Å². The van der Waals surface area contributed by atoms with Gasteiger partial charge in [0.2, 0.25) is 5.91 Å². The molecule has 0 spiro atoms. The standard InChI is InChI=1S/C5H10N2O.C5H10O2/c6-3-4-1-2-5(8)7-4;1-5(2,3)7-4-6/h4H,1-3,6H2,(H,7,8);4H,1-3H3. The van der Waals surface area contributed by atoms with Crippen molar-refractivity contribution in [1.82, 2.24) is 5.32 Å². The summed E-state index contributed by atoms with van der Waals surface area (Å²) in [5.74, 6) is 0.139. The van der Waals surface area contributed by atoms with Crippen LogP contribution in [0.1, 0.15) is 33.6 Å². The lowest BCUT2D eigenvalue weighted by molar-refractivity contribution is -0.138. The molecule has 15 heavy (non-hydrogen) atoms. The maximum Gasteiger partial charge on any atom is 0.293 e. The number of ether oxygens (including phenoxy) is 1. The molecular formula is C10H20N2O3. The first kappa shape index (κ1) is 13.9. The van der Waals surface area contributed by atoms with Gasteiger partial charge in [-0.25, -0.2) is 0 Å². The van der Waals surface area contributed by atoms with Crippen LogP contribution in [0.25, 0.3) is 0 Å². The number of carbonyl (C=O) groups excluding carboxylic acids is 2. The quantitative estimate of drug-likeness (QED) is 0.645. The number of carbonyl (C=O) groups is 2. The molecule has 1 heterocycles. The Labute approximate surface area is 90.4 Å². The van der Waals surface area contributed by atoms with Crippen LogP contribution in [-0.4, -0.2) is 30.6 Å². The predicted octanol–water partition coefficient (Wildman–Crippen LogP) is 0.182. The number of nitrogens with two attached hydrogens (primary N) is 1. The number of hydrogen-bond donors (Lipinski definition) is 2. The molecule has 1 saturated heterocycles. The van der Waals surface area contributed by atoms with Gasteiger partial charge in [0.05, 0.1) is 0 Å². The van der Waals surface area contributed by atoms with E-state index in [1.807, 2.05) is 20.8 Å². The Morgan fingerprint density at radius 3 is 2.33 bits per heavy atom. The van der Waals surface area contributed by atoms with Crippen molar-refractivity contribution in [1.29, 1.82) is 0 Å². The van der Waals surface area contributed by atoms with E-state index in [4.69, 9.17) is 5.73 Å². The van der Waals surface area contributed by atoms with E-state index in [0.29, 0.717) is 19.4 Å². The maximum atomic E-state index is 10.4. The molecule has 0 radical (unpaired) electrons. The largest absolute Gasteiger partial charge is 0.462 e. The molecule has 1 aliphatic heterocycles. The molecule has 0 saturated carbocycles. The van der Waals surface area contributed by atoms with E-state index < -0.39 is 0 Å². The summed E-state index contributed by atoms with van der Waals surface area (Å²) in [6, 6.07) is 0.252. The monoisotopic (exact) mass is 216 g/mol. The lowest BCUT2D eigenvalue weighted by atomic mass is 10.2. The molecule has 0 aromatic heterocycles. The summed E-state index contributed by atoms with van der Waals surface area (Å²) in [5.41, 5.74) is 4.96. The molecule has 88 valence electrons. The molecule has 1 atom stereocenters. The highest BCUT2D eigenvalue weighted by Gasteiger charge is 2.18. The van der Waals surface area contributed by atoms with Crippen LogP contribution in [0.2, 0.25) is 0 Å². The van der Waals surface area contributed by atoms with Crippen LogP contribution in [0.4, 0.5) is 0 Å². The van der Waals surface area contributed by atoms with Crippen LogP contribution in [0.5, 0.6) is 0 Å². The lowest BCUT2D eigenvalue weighted by Gasteiger charge is -2.14. The van der Waals surface area contributed by atoms with Gasteiger partial charge in [0.25, 0.3) is 6.47 Å². The molecule has 0 aliphatic carbocycles. The summed E-state index contributed by atoms with van der Waals surface area (Å²) in [7, 11) is 0. The van der Waals surface area contributed by atoms with Gasteiger partial charge in [0, 0.05) is 19.0 Å². The minimum Gasteiger partial charge on any atom is -0.462 e. The molecular weight excluding hydrogens is 196 g/mol. The summed E-state index contributed by atoms with van der Waals surface area (Å²) in [5, 5.41) is 2.74. The van der Waals surface area contributed by atoms with Gasteiger partial charge in [-0.1, -0.05) is 0 Å². The predicted molar refractivity (Wildman–Crippen MR) is 57.1 cm³/mol. The smallest absolute Gasteiger partial charge is 0.293 e. The zero-order valence-corrected chi connectivity index (χ0v) is 9.58. The fraction of sp³-hybridized carbons (Fsp3) is 0.800. The van der Waals surface area contributed by atoms with Crippen LogP contribution >= 0.6 is 0 Å². The van der Waals surface area contributed by atoms with Gasteiger partial charge in [-0.15, -0.1) is 0 Å². The lowest BCUT2D eigenvalue weighted by Crippen LogP contribution is -2.32. The zero-order chi connectivity index (χ0) is 11.9. The second-order valence-corrected chi connectivity index (χ2v) is 4.37. The first-order chi connectivity index (χ1) is 6.89. The van der Waals surface area contributed by atoms with E-state index in [2.05, 4.69) is 10.1 Å². The van der Waals surface area contributed by atoms with Gasteiger partial charge >= 0.3 is 0 Å². The van der Waals surface area contributed by atoms with E-state index in [9.17, 15) is 9.59 Å². The first-order valence-electron chi connectivity index (χ1n) is 5.00. The minimum absolute atomic E-state index is 0.139. The number of amides is 1. The van der Waals surface area contributed by atoms with Crippen LogP contribution in [0.15, 0.2) is 0 Å². The molecule has 1 unspecified atom stereocenters. The fourth-order valence-corrected chi connectivity index (χ4v) is 0.998. The third-order valence-electron chi connectivity index (χ3n) is 1.77. The van der Waals surface area contributed by atoms with Gasteiger partial charge in [0.15, 0.2) is 0 Å². The van der Waals surface area contributed by atoms with Crippen LogP contribution < -0.4 is 11.1 Å². The summed E-state index contributed by atoms with van der Waals surface area (Å²) in [4.78, 5) is 20.0. The minimum atomic E-state index is -0.318. The third kappa shape index (κ3) is 7.93. The van der Waals surface area contributed by atoms with Crippen molar-refractivity contribution in [3.05, 3.63) is 0 Å². The van der Waals surface area contributed by atoms with Crippen LogP contribution in [-0.2, 0) is 14.3 Å². The molecule has 1 fully saturated rings. The second kappa shape index (κ2) is 6.40. The molecule has 5 heteroatoms. The number of nitrogens with one attached hydrogen (secondary N) is 1. The topological polar surface area (TPSA) is 81.4 Å². The van der Waals surface area contributed by atoms with Crippen molar-refractivity contribution in [2.45, 2.75) is 45.3 Å². The van der Waals surface area contributed by atoms with Crippen molar-refractivity contribution in [3.63, 3.8) is 0 Å². The van der Waals surface area contributed by atoms with E-state index in [-0.39, 0.29) is 17.6 Å². The highest BCUT2D eigenvalue weighted by atomic mass is 16.5. The molecule has 1 amide bonds. The Morgan fingerprint density at radius 1 is 1.60 bits per heavy atom. The molecule has 0 aromatic carbocycles. The Balaban J connectivity index is 0.000000265. The fourth-order valence-electron chi connectivity index (χ4n) is 0.998.